The van der Waals surface area contributed by atoms with Crippen molar-refractivity contribution in [1.82, 2.24) is 14.5 Å². The summed E-state index contributed by atoms with van der Waals surface area (Å²) >= 11 is 0. The molecular weight excluding hydrogens is 502 g/mol. The summed E-state index contributed by atoms with van der Waals surface area (Å²) < 4.78 is 9.02. The summed E-state index contributed by atoms with van der Waals surface area (Å²) in [7, 11) is 0. The van der Waals surface area contributed by atoms with Gasteiger partial charge in [-0.05, 0) is 65.3 Å². The highest BCUT2D eigenvalue weighted by Gasteiger charge is 2.24. The summed E-state index contributed by atoms with van der Waals surface area (Å²) in [5.74, 6) is 1.55. The molecule has 0 amide bonds. The SMILES string of the molecule is Cc1cc2nc(-c3cccc4c3oc3cc(-c5ccccc5)ccc34)n(-c3c(C(C)C)cccc3C(C)C)c2cn1. The van der Waals surface area contributed by atoms with Crippen LogP contribution in [-0.4, -0.2) is 14.5 Å². The van der Waals surface area contributed by atoms with Crippen LogP contribution in [0, 0.1) is 6.92 Å². The third kappa shape index (κ3) is 4.13. The van der Waals surface area contributed by atoms with E-state index in [9.17, 15) is 0 Å². The summed E-state index contributed by atoms with van der Waals surface area (Å²) in [6.07, 6.45) is 1.97. The van der Waals surface area contributed by atoms with Gasteiger partial charge in [-0.3, -0.25) is 9.55 Å². The zero-order valence-electron chi connectivity index (χ0n) is 24.1. The number of nitrogens with zero attached hydrogens (tertiary/aromatic N) is 3. The average molecular weight is 536 g/mol. The molecule has 4 aromatic carbocycles. The largest absolute Gasteiger partial charge is 0.455 e. The zero-order chi connectivity index (χ0) is 28.2. The van der Waals surface area contributed by atoms with Crippen LogP contribution in [0.1, 0.15) is 56.4 Å². The molecule has 0 radical (unpaired) electrons. The molecule has 0 bridgehead atoms. The van der Waals surface area contributed by atoms with Crippen LogP contribution in [0.4, 0.5) is 0 Å². The predicted molar refractivity (Wildman–Crippen MR) is 170 cm³/mol. The number of hydrogen-bond acceptors (Lipinski definition) is 3. The maximum atomic E-state index is 6.70. The fourth-order valence-electron chi connectivity index (χ4n) is 6.04. The Hall–Kier alpha value is -4.70. The zero-order valence-corrected chi connectivity index (χ0v) is 24.1. The van der Waals surface area contributed by atoms with E-state index >= 15 is 0 Å². The molecule has 0 atom stereocenters. The maximum Gasteiger partial charge on any atom is 0.149 e. The lowest BCUT2D eigenvalue weighted by molar-refractivity contribution is 0.669. The topological polar surface area (TPSA) is 43.9 Å². The highest BCUT2D eigenvalue weighted by molar-refractivity contribution is 6.10. The van der Waals surface area contributed by atoms with Gasteiger partial charge in [0.1, 0.15) is 17.0 Å². The van der Waals surface area contributed by atoms with Gasteiger partial charge in [0, 0.05) is 16.5 Å². The fourth-order valence-corrected chi connectivity index (χ4v) is 6.04. The van der Waals surface area contributed by atoms with Crippen LogP contribution < -0.4 is 0 Å². The summed E-state index contributed by atoms with van der Waals surface area (Å²) in [4.78, 5) is 9.97. The Balaban J connectivity index is 1.55. The van der Waals surface area contributed by atoms with Gasteiger partial charge in [0.2, 0.25) is 0 Å². The minimum atomic E-state index is 0.339. The molecule has 0 spiro atoms. The fraction of sp³-hybridized carbons (Fsp3) is 0.189. The molecule has 0 saturated carbocycles. The van der Waals surface area contributed by atoms with E-state index in [1.165, 1.54) is 22.4 Å². The van der Waals surface area contributed by atoms with Crippen molar-refractivity contribution >= 4 is 33.0 Å². The lowest BCUT2D eigenvalue weighted by atomic mass is 9.92. The standard InChI is InChI=1S/C37H33N3O/c1-22(2)27-13-9-14-28(23(3)4)35(27)40-33-21-38-24(5)19-32(33)39-37(40)31-16-10-15-30-29-18-17-26(20-34(29)41-36(30)31)25-11-7-6-8-12-25/h6-23H,1-5H3. The number of hydrogen-bond donors (Lipinski definition) is 0. The van der Waals surface area contributed by atoms with Crippen molar-refractivity contribution in [2.24, 2.45) is 0 Å². The van der Waals surface area contributed by atoms with E-state index in [0.29, 0.717) is 11.8 Å². The van der Waals surface area contributed by atoms with Crippen molar-refractivity contribution in [3.8, 4) is 28.2 Å². The van der Waals surface area contributed by atoms with E-state index in [1.54, 1.807) is 0 Å². The van der Waals surface area contributed by atoms with Crippen LogP contribution in [0.3, 0.4) is 0 Å². The van der Waals surface area contributed by atoms with Crippen molar-refractivity contribution in [3.63, 3.8) is 0 Å². The number of rotatable bonds is 5. The van der Waals surface area contributed by atoms with Crippen LogP contribution in [0.2, 0.25) is 0 Å². The molecule has 3 aromatic heterocycles. The van der Waals surface area contributed by atoms with E-state index in [-0.39, 0.29) is 0 Å². The lowest BCUT2D eigenvalue weighted by Crippen LogP contribution is -2.08. The first-order valence-corrected chi connectivity index (χ1v) is 14.4. The van der Waals surface area contributed by atoms with Crippen LogP contribution in [-0.2, 0) is 0 Å². The molecule has 0 aliphatic heterocycles. The summed E-state index contributed by atoms with van der Waals surface area (Å²) in [5.41, 5.74) is 11.7. The molecule has 4 heteroatoms. The predicted octanol–water partition coefficient (Wildman–Crippen LogP) is 10.2. The van der Waals surface area contributed by atoms with Gasteiger partial charge in [0.15, 0.2) is 0 Å². The van der Waals surface area contributed by atoms with E-state index in [1.807, 2.05) is 19.2 Å². The molecule has 0 unspecified atom stereocenters. The average Bonchev–Trinajstić information content (AvgIpc) is 3.54. The number of furan rings is 1. The second-order valence-electron chi connectivity index (χ2n) is 11.5. The van der Waals surface area contributed by atoms with Crippen LogP contribution in [0.5, 0.6) is 0 Å². The van der Waals surface area contributed by atoms with E-state index in [2.05, 4.69) is 117 Å². The number of benzene rings is 4. The van der Waals surface area contributed by atoms with Gasteiger partial charge in [0.05, 0.1) is 28.5 Å². The first kappa shape index (κ1) is 25.3. The minimum Gasteiger partial charge on any atom is -0.455 e. The molecule has 0 fully saturated rings. The summed E-state index contributed by atoms with van der Waals surface area (Å²) in [6.45, 7) is 11.1. The summed E-state index contributed by atoms with van der Waals surface area (Å²) in [5, 5.41) is 2.19. The molecule has 0 aliphatic rings. The first-order valence-electron chi connectivity index (χ1n) is 14.4. The van der Waals surface area contributed by atoms with Crippen LogP contribution in [0.25, 0.3) is 61.2 Å². The third-order valence-corrected chi connectivity index (χ3v) is 8.09. The van der Waals surface area contributed by atoms with Gasteiger partial charge in [-0.2, -0.15) is 0 Å². The molecule has 7 rings (SSSR count). The number of aryl methyl sites for hydroxylation is 1. The quantitative estimate of drug-likeness (QED) is 0.220. The van der Waals surface area contributed by atoms with Gasteiger partial charge in [-0.15, -0.1) is 0 Å². The van der Waals surface area contributed by atoms with Crippen LogP contribution >= 0.6 is 0 Å². The Morgan fingerprint density at radius 1 is 0.707 bits per heavy atom. The molecule has 0 N–H and O–H groups in total. The molecular formula is C37H33N3O. The van der Waals surface area contributed by atoms with Crippen molar-refractivity contribution in [1.29, 1.82) is 0 Å². The van der Waals surface area contributed by atoms with Gasteiger partial charge >= 0.3 is 0 Å². The summed E-state index contributed by atoms with van der Waals surface area (Å²) in [6, 6.07) is 32.1. The molecule has 7 aromatic rings. The Bertz CT molecular complexity index is 2040. The van der Waals surface area contributed by atoms with Crippen molar-refractivity contribution in [3.05, 3.63) is 114 Å². The van der Waals surface area contributed by atoms with E-state index in [0.717, 1.165) is 55.6 Å². The number of pyridine rings is 1. The Labute approximate surface area is 240 Å². The molecule has 41 heavy (non-hydrogen) atoms. The second-order valence-corrected chi connectivity index (χ2v) is 11.5. The number of aromatic nitrogens is 3. The van der Waals surface area contributed by atoms with E-state index < -0.39 is 0 Å². The highest BCUT2D eigenvalue weighted by Crippen LogP contribution is 2.41. The van der Waals surface area contributed by atoms with E-state index in [4.69, 9.17) is 14.4 Å². The second kappa shape index (κ2) is 9.74. The number of imidazole rings is 1. The molecule has 0 aliphatic carbocycles. The maximum absolute atomic E-state index is 6.70. The monoisotopic (exact) mass is 535 g/mol. The lowest BCUT2D eigenvalue weighted by Gasteiger charge is -2.22. The molecule has 3 heterocycles. The molecule has 0 saturated heterocycles. The Kier molecular flexibility index (Phi) is 6.01. The smallest absolute Gasteiger partial charge is 0.149 e. The van der Waals surface area contributed by atoms with Crippen molar-refractivity contribution < 1.29 is 4.42 Å². The Morgan fingerprint density at radius 2 is 1.44 bits per heavy atom. The highest BCUT2D eigenvalue weighted by atomic mass is 16.3. The van der Waals surface area contributed by atoms with Crippen LogP contribution in [0.15, 0.2) is 102 Å². The number of fused-ring (bicyclic) bond motifs is 4. The van der Waals surface area contributed by atoms with Gasteiger partial charge in [-0.1, -0.05) is 94.4 Å². The normalized spacial score (nSPS) is 12.0. The third-order valence-electron chi connectivity index (χ3n) is 8.09. The van der Waals surface area contributed by atoms with Gasteiger partial charge in [-0.25, -0.2) is 4.98 Å². The molecule has 202 valence electrons. The molecule has 4 nitrogen and oxygen atoms in total. The first-order chi connectivity index (χ1) is 19.9. The van der Waals surface area contributed by atoms with Gasteiger partial charge < -0.3 is 4.42 Å². The Morgan fingerprint density at radius 3 is 2.17 bits per heavy atom. The van der Waals surface area contributed by atoms with Gasteiger partial charge in [0.25, 0.3) is 0 Å². The van der Waals surface area contributed by atoms with Crippen molar-refractivity contribution in [2.75, 3.05) is 0 Å². The number of para-hydroxylation sites is 2. The minimum absolute atomic E-state index is 0.339. The van der Waals surface area contributed by atoms with Crippen molar-refractivity contribution in [2.45, 2.75) is 46.5 Å².